The fraction of sp³-hybridized carbons (Fsp3) is 0.320. The van der Waals surface area contributed by atoms with E-state index in [4.69, 9.17) is 0 Å². The van der Waals surface area contributed by atoms with E-state index in [1.807, 2.05) is 29.5 Å². The fourth-order valence-electron chi connectivity index (χ4n) is 3.92. The van der Waals surface area contributed by atoms with E-state index in [2.05, 4.69) is 64.1 Å². The number of piperidine rings is 1. The van der Waals surface area contributed by atoms with Crippen LogP contribution in [0.5, 0.6) is 0 Å². The third-order valence-corrected chi connectivity index (χ3v) is 6.54. The van der Waals surface area contributed by atoms with Gasteiger partial charge in [-0.3, -0.25) is 9.69 Å². The predicted molar refractivity (Wildman–Crippen MR) is 121 cm³/mol. The SMILES string of the molecule is O=C(Cc1ccc(-c2ccccc2)cc1)NCC1CCN(Cc2cccs2)CC1. The normalized spacial score (nSPS) is 15.3. The van der Waals surface area contributed by atoms with Crippen molar-refractivity contribution in [1.82, 2.24) is 10.2 Å². The maximum Gasteiger partial charge on any atom is 0.224 e. The van der Waals surface area contributed by atoms with Gasteiger partial charge >= 0.3 is 0 Å². The van der Waals surface area contributed by atoms with Crippen LogP contribution in [0.25, 0.3) is 11.1 Å². The summed E-state index contributed by atoms with van der Waals surface area (Å²) in [5.74, 6) is 0.720. The Labute approximate surface area is 177 Å². The number of carbonyl (C=O) groups is 1. The molecule has 1 aromatic heterocycles. The van der Waals surface area contributed by atoms with Crippen molar-refractivity contribution in [3.05, 3.63) is 82.6 Å². The number of amides is 1. The molecule has 4 heteroatoms. The molecule has 1 saturated heterocycles. The number of nitrogens with zero attached hydrogens (tertiary/aromatic N) is 1. The lowest BCUT2D eigenvalue weighted by molar-refractivity contribution is -0.120. The quantitative estimate of drug-likeness (QED) is 0.602. The average Bonchev–Trinajstić information content (AvgIpc) is 3.27. The number of rotatable bonds is 7. The van der Waals surface area contributed by atoms with Crippen molar-refractivity contribution in [2.75, 3.05) is 19.6 Å². The highest BCUT2D eigenvalue weighted by molar-refractivity contribution is 7.09. The molecule has 1 N–H and O–H groups in total. The van der Waals surface area contributed by atoms with Gasteiger partial charge in [-0.05, 0) is 60.0 Å². The summed E-state index contributed by atoms with van der Waals surface area (Å²) in [6, 6.07) is 23.0. The standard InChI is InChI=1S/C25H28N2OS/c28-25(17-20-8-10-23(11-9-20)22-5-2-1-3-6-22)26-18-21-12-14-27(15-13-21)19-24-7-4-16-29-24/h1-11,16,21H,12-15,17-19H2,(H,26,28). The molecule has 29 heavy (non-hydrogen) atoms. The van der Waals surface area contributed by atoms with Crippen LogP contribution in [-0.2, 0) is 17.8 Å². The van der Waals surface area contributed by atoms with Gasteiger partial charge in [-0.1, -0.05) is 60.7 Å². The van der Waals surface area contributed by atoms with Crippen molar-refractivity contribution in [2.24, 2.45) is 5.92 Å². The number of thiophene rings is 1. The molecule has 0 radical (unpaired) electrons. The Balaban J connectivity index is 1.19. The third kappa shape index (κ3) is 5.78. The topological polar surface area (TPSA) is 32.3 Å². The zero-order valence-electron chi connectivity index (χ0n) is 16.7. The summed E-state index contributed by atoms with van der Waals surface area (Å²) in [6.45, 7) is 4.11. The van der Waals surface area contributed by atoms with Crippen LogP contribution in [0.1, 0.15) is 23.3 Å². The smallest absolute Gasteiger partial charge is 0.224 e. The number of hydrogen-bond donors (Lipinski definition) is 1. The van der Waals surface area contributed by atoms with E-state index in [9.17, 15) is 4.79 Å². The monoisotopic (exact) mass is 404 g/mol. The van der Waals surface area contributed by atoms with Crippen LogP contribution in [0, 0.1) is 5.92 Å². The van der Waals surface area contributed by atoms with Gasteiger partial charge in [-0.15, -0.1) is 11.3 Å². The molecule has 0 spiro atoms. The van der Waals surface area contributed by atoms with Gasteiger partial charge in [-0.25, -0.2) is 0 Å². The second-order valence-electron chi connectivity index (χ2n) is 7.84. The summed E-state index contributed by atoms with van der Waals surface area (Å²) in [7, 11) is 0. The van der Waals surface area contributed by atoms with E-state index in [-0.39, 0.29) is 5.91 Å². The average molecular weight is 405 g/mol. The first-order chi connectivity index (χ1) is 14.3. The summed E-state index contributed by atoms with van der Waals surface area (Å²) in [4.78, 5) is 16.3. The maximum absolute atomic E-state index is 12.4. The van der Waals surface area contributed by atoms with Crippen LogP contribution >= 0.6 is 11.3 Å². The second kappa shape index (κ2) is 9.86. The molecular weight excluding hydrogens is 376 g/mol. The first kappa shape index (κ1) is 19.9. The van der Waals surface area contributed by atoms with Crippen molar-refractivity contribution in [1.29, 1.82) is 0 Å². The van der Waals surface area contributed by atoms with E-state index in [0.717, 1.165) is 44.6 Å². The Morgan fingerprint density at radius 3 is 2.34 bits per heavy atom. The van der Waals surface area contributed by atoms with Crippen LogP contribution in [0.15, 0.2) is 72.1 Å². The number of likely N-dealkylation sites (tertiary alicyclic amines) is 1. The molecule has 4 rings (SSSR count). The van der Waals surface area contributed by atoms with E-state index in [0.29, 0.717) is 12.3 Å². The molecule has 150 valence electrons. The van der Waals surface area contributed by atoms with Gasteiger partial charge in [0.1, 0.15) is 0 Å². The van der Waals surface area contributed by atoms with Gasteiger partial charge in [0, 0.05) is 18.0 Å². The fourth-order valence-corrected chi connectivity index (χ4v) is 4.67. The molecule has 1 fully saturated rings. The minimum Gasteiger partial charge on any atom is -0.356 e. The molecule has 0 saturated carbocycles. The maximum atomic E-state index is 12.4. The van der Waals surface area contributed by atoms with Gasteiger partial charge in [0.05, 0.1) is 6.42 Å². The summed E-state index contributed by atoms with van der Waals surface area (Å²) in [5, 5.41) is 5.30. The molecular formula is C25H28N2OS. The summed E-state index contributed by atoms with van der Waals surface area (Å²) in [6.07, 6.45) is 2.78. The van der Waals surface area contributed by atoms with Crippen molar-refractivity contribution in [3.63, 3.8) is 0 Å². The van der Waals surface area contributed by atoms with Crippen molar-refractivity contribution in [3.8, 4) is 11.1 Å². The lowest BCUT2D eigenvalue weighted by Gasteiger charge is -2.31. The van der Waals surface area contributed by atoms with Crippen molar-refractivity contribution < 1.29 is 4.79 Å². The lowest BCUT2D eigenvalue weighted by atomic mass is 9.96. The Bertz CT molecular complexity index is 882. The molecule has 0 unspecified atom stereocenters. The Kier molecular flexibility index (Phi) is 6.75. The first-order valence-corrected chi connectivity index (χ1v) is 11.3. The largest absolute Gasteiger partial charge is 0.356 e. The highest BCUT2D eigenvalue weighted by Crippen LogP contribution is 2.21. The van der Waals surface area contributed by atoms with Crippen LogP contribution in [0.2, 0.25) is 0 Å². The molecule has 1 aliphatic rings. The summed E-state index contributed by atoms with van der Waals surface area (Å²) >= 11 is 1.83. The number of hydrogen-bond acceptors (Lipinski definition) is 3. The van der Waals surface area contributed by atoms with Crippen LogP contribution < -0.4 is 5.32 Å². The van der Waals surface area contributed by atoms with Crippen molar-refractivity contribution in [2.45, 2.75) is 25.8 Å². The van der Waals surface area contributed by atoms with Gasteiger partial charge in [0.2, 0.25) is 5.91 Å². The van der Waals surface area contributed by atoms with Gasteiger partial charge < -0.3 is 5.32 Å². The van der Waals surface area contributed by atoms with Crippen LogP contribution in [0.3, 0.4) is 0 Å². The number of carbonyl (C=O) groups excluding carboxylic acids is 1. The minimum atomic E-state index is 0.124. The van der Waals surface area contributed by atoms with E-state index >= 15 is 0 Å². The van der Waals surface area contributed by atoms with E-state index in [1.165, 1.54) is 16.0 Å². The number of benzene rings is 2. The van der Waals surface area contributed by atoms with Crippen LogP contribution in [-0.4, -0.2) is 30.4 Å². The predicted octanol–water partition coefficient (Wildman–Crippen LogP) is 4.99. The van der Waals surface area contributed by atoms with Gasteiger partial charge in [-0.2, -0.15) is 0 Å². The zero-order chi connectivity index (χ0) is 19.9. The molecule has 0 atom stereocenters. The highest BCUT2D eigenvalue weighted by atomic mass is 32.1. The van der Waals surface area contributed by atoms with E-state index < -0.39 is 0 Å². The molecule has 0 aliphatic carbocycles. The molecule has 2 aromatic carbocycles. The van der Waals surface area contributed by atoms with E-state index in [1.54, 1.807) is 0 Å². The molecule has 2 heterocycles. The summed E-state index contributed by atoms with van der Waals surface area (Å²) < 4.78 is 0. The van der Waals surface area contributed by atoms with Gasteiger partial charge in [0.15, 0.2) is 0 Å². The summed E-state index contributed by atoms with van der Waals surface area (Å²) in [5.41, 5.74) is 3.45. The molecule has 3 nitrogen and oxygen atoms in total. The van der Waals surface area contributed by atoms with Gasteiger partial charge in [0.25, 0.3) is 0 Å². The third-order valence-electron chi connectivity index (χ3n) is 5.68. The Morgan fingerprint density at radius 2 is 1.66 bits per heavy atom. The molecule has 3 aromatic rings. The lowest BCUT2D eigenvalue weighted by Crippen LogP contribution is -2.38. The molecule has 1 amide bonds. The second-order valence-corrected chi connectivity index (χ2v) is 8.87. The highest BCUT2D eigenvalue weighted by Gasteiger charge is 2.20. The zero-order valence-corrected chi connectivity index (χ0v) is 17.5. The number of nitrogens with one attached hydrogen (secondary N) is 1. The van der Waals surface area contributed by atoms with Crippen LogP contribution in [0.4, 0.5) is 0 Å². The molecule has 0 bridgehead atoms. The first-order valence-electron chi connectivity index (χ1n) is 10.4. The Morgan fingerprint density at radius 1 is 0.931 bits per heavy atom. The molecule has 1 aliphatic heterocycles. The minimum absolute atomic E-state index is 0.124. The van der Waals surface area contributed by atoms with Crippen molar-refractivity contribution >= 4 is 17.2 Å². The Hall–Kier alpha value is -2.43.